The van der Waals surface area contributed by atoms with Gasteiger partial charge in [-0.15, -0.1) is 0 Å². The van der Waals surface area contributed by atoms with Gasteiger partial charge in [0.25, 0.3) is 0 Å². The van der Waals surface area contributed by atoms with Crippen molar-refractivity contribution in [3.63, 3.8) is 0 Å². The van der Waals surface area contributed by atoms with Gasteiger partial charge in [-0.25, -0.2) is 4.98 Å². The van der Waals surface area contributed by atoms with Crippen molar-refractivity contribution >= 4 is 23.0 Å². The summed E-state index contributed by atoms with van der Waals surface area (Å²) < 4.78 is 5.51. The SMILES string of the molecule is Cc1ccccc1OCC(=O)CN=Cc1ccc2nc[nH]c2c1. The van der Waals surface area contributed by atoms with Gasteiger partial charge in [0.1, 0.15) is 18.9 Å². The number of nitrogens with one attached hydrogen (secondary N) is 1. The van der Waals surface area contributed by atoms with Gasteiger partial charge in [0.05, 0.1) is 17.4 Å². The van der Waals surface area contributed by atoms with Crippen LogP contribution in [0.4, 0.5) is 0 Å². The fraction of sp³-hybridized carbons (Fsp3) is 0.167. The molecule has 1 aromatic heterocycles. The Morgan fingerprint density at radius 1 is 1.30 bits per heavy atom. The lowest BCUT2D eigenvalue weighted by Crippen LogP contribution is -2.14. The zero-order valence-electron chi connectivity index (χ0n) is 12.8. The number of Topliss-reactive ketones (excluding diaryl/α,β-unsaturated/α-hetero) is 1. The summed E-state index contributed by atoms with van der Waals surface area (Å²) in [5, 5.41) is 0. The third-order valence-electron chi connectivity index (χ3n) is 3.43. The molecule has 3 rings (SSSR count). The lowest BCUT2D eigenvalue weighted by Gasteiger charge is -2.06. The van der Waals surface area contributed by atoms with Crippen molar-refractivity contribution in [3.05, 3.63) is 59.9 Å². The van der Waals surface area contributed by atoms with Crippen molar-refractivity contribution in [3.8, 4) is 5.75 Å². The van der Waals surface area contributed by atoms with Gasteiger partial charge in [0.15, 0.2) is 5.78 Å². The summed E-state index contributed by atoms with van der Waals surface area (Å²) in [7, 11) is 0. The van der Waals surface area contributed by atoms with E-state index in [9.17, 15) is 4.79 Å². The zero-order valence-corrected chi connectivity index (χ0v) is 12.8. The van der Waals surface area contributed by atoms with Crippen LogP contribution >= 0.6 is 0 Å². The molecule has 0 aliphatic heterocycles. The first-order valence-corrected chi connectivity index (χ1v) is 7.35. The summed E-state index contributed by atoms with van der Waals surface area (Å²) in [4.78, 5) is 23.2. The van der Waals surface area contributed by atoms with Crippen molar-refractivity contribution < 1.29 is 9.53 Å². The molecule has 5 heteroatoms. The number of ether oxygens (including phenoxy) is 1. The van der Waals surface area contributed by atoms with Crippen LogP contribution in [0.5, 0.6) is 5.75 Å². The van der Waals surface area contributed by atoms with Gasteiger partial charge in [-0.3, -0.25) is 9.79 Å². The van der Waals surface area contributed by atoms with Crippen molar-refractivity contribution in [1.82, 2.24) is 9.97 Å². The number of hydrogen-bond donors (Lipinski definition) is 1. The number of aromatic nitrogens is 2. The van der Waals surface area contributed by atoms with Gasteiger partial charge in [-0.05, 0) is 36.2 Å². The molecule has 0 atom stereocenters. The van der Waals surface area contributed by atoms with Crippen molar-refractivity contribution in [1.29, 1.82) is 0 Å². The Bertz CT molecular complexity index is 852. The molecule has 0 amide bonds. The van der Waals surface area contributed by atoms with Crippen molar-refractivity contribution in [2.45, 2.75) is 6.92 Å². The molecule has 5 nitrogen and oxygen atoms in total. The second-order valence-corrected chi connectivity index (χ2v) is 5.24. The number of imidazole rings is 1. The quantitative estimate of drug-likeness (QED) is 0.712. The molecule has 0 aliphatic rings. The maximum absolute atomic E-state index is 11.8. The summed E-state index contributed by atoms with van der Waals surface area (Å²) in [6.07, 6.45) is 3.34. The third-order valence-corrected chi connectivity index (χ3v) is 3.43. The van der Waals surface area contributed by atoms with E-state index in [0.29, 0.717) is 0 Å². The molecule has 0 saturated heterocycles. The number of para-hydroxylation sites is 1. The molecule has 3 aromatic rings. The summed E-state index contributed by atoms with van der Waals surface area (Å²) in [6.45, 7) is 2.08. The molecule has 0 spiro atoms. The Kier molecular flexibility index (Phi) is 4.47. The van der Waals surface area contributed by atoms with Crippen LogP contribution < -0.4 is 4.74 Å². The van der Waals surface area contributed by atoms with E-state index in [1.165, 1.54) is 0 Å². The highest BCUT2D eigenvalue weighted by atomic mass is 16.5. The van der Waals surface area contributed by atoms with E-state index in [2.05, 4.69) is 15.0 Å². The Morgan fingerprint density at radius 3 is 3.04 bits per heavy atom. The monoisotopic (exact) mass is 307 g/mol. The number of fused-ring (bicyclic) bond motifs is 1. The number of hydrogen-bond acceptors (Lipinski definition) is 4. The number of ketones is 1. The molecule has 0 unspecified atom stereocenters. The van der Waals surface area contributed by atoms with E-state index < -0.39 is 0 Å². The van der Waals surface area contributed by atoms with E-state index in [0.717, 1.165) is 27.9 Å². The van der Waals surface area contributed by atoms with Crippen LogP contribution in [0.3, 0.4) is 0 Å². The number of aryl methyl sites for hydroxylation is 1. The second kappa shape index (κ2) is 6.87. The molecule has 0 radical (unpaired) electrons. The highest BCUT2D eigenvalue weighted by Crippen LogP contribution is 2.15. The minimum Gasteiger partial charge on any atom is -0.485 e. The Balaban J connectivity index is 1.53. The number of carbonyl (C=O) groups is 1. The molecular weight excluding hydrogens is 290 g/mol. The van der Waals surface area contributed by atoms with Gasteiger partial charge in [0.2, 0.25) is 0 Å². The van der Waals surface area contributed by atoms with Gasteiger partial charge >= 0.3 is 0 Å². The number of aromatic amines is 1. The predicted octanol–water partition coefficient (Wildman–Crippen LogP) is 2.94. The van der Waals surface area contributed by atoms with E-state index >= 15 is 0 Å². The first-order chi connectivity index (χ1) is 11.2. The van der Waals surface area contributed by atoms with Crippen LogP contribution in [0.25, 0.3) is 11.0 Å². The molecule has 0 fully saturated rings. The lowest BCUT2D eigenvalue weighted by atomic mass is 10.2. The van der Waals surface area contributed by atoms with Crippen LogP contribution in [0.15, 0.2) is 53.8 Å². The van der Waals surface area contributed by atoms with Crippen LogP contribution in [-0.2, 0) is 4.79 Å². The maximum Gasteiger partial charge on any atom is 0.191 e. The first-order valence-electron chi connectivity index (χ1n) is 7.35. The smallest absolute Gasteiger partial charge is 0.191 e. The molecule has 23 heavy (non-hydrogen) atoms. The van der Waals surface area contributed by atoms with E-state index in [1.807, 2.05) is 49.4 Å². The third kappa shape index (κ3) is 3.83. The molecule has 1 N–H and O–H groups in total. The number of aliphatic imine (C=N–C) groups is 1. The van der Waals surface area contributed by atoms with Crippen LogP contribution in [0.2, 0.25) is 0 Å². The summed E-state index contributed by atoms with van der Waals surface area (Å²) in [6, 6.07) is 13.4. The summed E-state index contributed by atoms with van der Waals surface area (Å²) in [5.41, 5.74) is 3.79. The average molecular weight is 307 g/mol. The molecule has 0 saturated carbocycles. The standard InChI is InChI=1S/C18H17N3O2/c1-13-4-2-3-5-18(13)23-11-15(22)10-19-9-14-6-7-16-17(8-14)21-12-20-16/h2-9,12H,10-11H2,1H3,(H,20,21). The molecule has 2 aromatic carbocycles. The number of benzene rings is 2. The number of rotatable bonds is 6. The molecular formula is C18H17N3O2. The largest absolute Gasteiger partial charge is 0.485 e. The number of nitrogens with zero attached hydrogens (tertiary/aromatic N) is 2. The Hall–Kier alpha value is -2.95. The highest BCUT2D eigenvalue weighted by molar-refractivity contribution is 5.89. The van der Waals surface area contributed by atoms with Crippen LogP contribution in [0.1, 0.15) is 11.1 Å². The van der Waals surface area contributed by atoms with Gasteiger partial charge in [-0.1, -0.05) is 24.3 Å². The molecule has 116 valence electrons. The first kappa shape index (κ1) is 15.0. The zero-order chi connectivity index (χ0) is 16.1. The Morgan fingerprint density at radius 2 is 2.17 bits per heavy atom. The van der Waals surface area contributed by atoms with E-state index in [1.54, 1.807) is 12.5 Å². The van der Waals surface area contributed by atoms with Gasteiger partial charge in [-0.2, -0.15) is 0 Å². The van der Waals surface area contributed by atoms with Gasteiger partial charge < -0.3 is 9.72 Å². The lowest BCUT2D eigenvalue weighted by molar-refractivity contribution is -0.119. The van der Waals surface area contributed by atoms with Crippen molar-refractivity contribution in [2.24, 2.45) is 4.99 Å². The average Bonchev–Trinajstić information content (AvgIpc) is 3.02. The highest BCUT2D eigenvalue weighted by Gasteiger charge is 2.03. The fourth-order valence-corrected chi connectivity index (χ4v) is 2.21. The van der Waals surface area contributed by atoms with E-state index in [-0.39, 0.29) is 18.9 Å². The maximum atomic E-state index is 11.8. The normalized spacial score (nSPS) is 11.2. The molecule has 1 heterocycles. The minimum absolute atomic E-state index is 0.0295. The summed E-state index contributed by atoms with van der Waals surface area (Å²) in [5.74, 6) is 0.668. The van der Waals surface area contributed by atoms with E-state index in [4.69, 9.17) is 4.74 Å². The van der Waals surface area contributed by atoms with Gasteiger partial charge in [0, 0.05) is 6.21 Å². The molecule has 0 aliphatic carbocycles. The summed E-state index contributed by atoms with van der Waals surface area (Å²) >= 11 is 0. The van der Waals surface area contributed by atoms with Crippen LogP contribution in [0, 0.1) is 6.92 Å². The number of carbonyl (C=O) groups excluding carboxylic acids is 1. The fourth-order valence-electron chi connectivity index (χ4n) is 2.21. The topological polar surface area (TPSA) is 67.3 Å². The number of H-pyrrole nitrogens is 1. The van der Waals surface area contributed by atoms with Crippen LogP contribution in [-0.4, -0.2) is 35.1 Å². The predicted molar refractivity (Wildman–Crippen MR) is 90.2 cm³/mol. The second-order valence-electron chi connectivity index (χ2n) is 5.24. The molecule has 0 bridgehead atoms. The Labute approximate surface area is 134 Å². The minimum atomic E-state index is -0.0629. The van der Waals surface area contributed by atoms with Crippen molar-refractivity contribution in [2.75, 3.05) is 13.2 Å².